The summed E-state index contributed by atoms with van der Waals surface area (Å²) in [6, 6.07) is 7.60. The molecule has 2 aromatic carbocycles. The normalized spacial score (nSPS) is 18.8. The average Bonchev–Trinajstić information content (AvgIpc) is 3.19. The van der Waals surface area contributed by atoms with Gasteiger partial charge in [0.2, 0.25) is 0 Å². The number of carbonyl (C=O) groups is 2. The number of hydrogen-bond donors (Lipinski definition) is 3. The van der Waals surface area contributed by atoms with Gasteiger partial charge in [-0.1, -0.05) is 12.1 Å². The van der Waals surface area contributed by atoms with Crippen LogP contribution in [0.3, 0.4) is 0 Å². The largest absolute Gasteiger partial charge is 0.496 e. The number of rotatable bonds is 7. The zero-order valence-corrected chi connectivity index (χ0v) is 18.6. The van der Waals surface area contributed by atoms with Crippen molar-refractivity contribution in [3.8, 4) is 5.75 Å². The third-order valence-corrected chi connectivity index (χ3v) is 6.07. The summed E-state index contributed by atoms with van der Waals surface area (Å²) in [5, 5.41) is 4.35. The SMILES string of the molecule is COc1ccc(F)cc1C(=O)NCc1ccc(C2NN(C3CCOCC3)C(N)=C2C=O)cc1F. The molecule has 0 spiro atoms. The first kappa shape index (κ1) is 23.7. The fraction of sp³-hybridized carbons (Fsp3) is 0.333. The molecule has 1 unspecified atom stereocenters. The molecular formula is C24H26F2N4O4. The Bertz CT molecular complexity index is 1120. The second kappa shape index (κ2) is 10.2. The average molecular weight is 472 g/mol. The van der Waals surface area contributed by atoms with Crippen molar-refractivity contribution < 1.29 is 27.8 Å². The van der Waals surface area contributed by atoms with Gasteiger partial charge in [0.05, 0.1) is 30.3 Å². The highest BCUT2D eigenvalue weighted by atomic mass is 19.1. The third-order valence-electron chi connectivity index (χ3n) is 6.07. The van der Waals surface area contributed by atoms with E-state index in [0.29, 0.717) is 36.5 Å². The van der Waals surface area contributed by atoms with Crippen molar-refractivity contribution in [2.75, 3.05) is 20.3 Å². The standard InChI is InChI=1S/C24H26F2N4O4/c1-33-21-5-4-16(25)11-18(21)24(32)28-12-15-3-2-14(10-20(15)26)22-19(13-31)23(27)30(29-22)17-6-8-34-9-7-17/h2-5,10-11,13,17,22,29H,6-9,12,27H2,1H3,(H,28,32). The highest BCUT2D eigenvalue weighted by molar-refractivity contribution is 5.96. The molecular weight excluding hydrogens is 446 g/mol. The van der Waals surface area contributed by atoms with E-state index in [0.717, 1.165) is 18.9 Å². The monoisotopic (exact) mass is 472 g/mol. The molecule has 1 amide bonds. The molecule has 180 valence electrons. The molecule has 0 bridgehead atoms. The molecule has 2 heterocycles. The number of hydrazine groups is 1. The molecule has 8 nitrogen and oxygen atoms in total. The lowest BCUT2D eigenvalue weighted by molar-refractivity contribution is -0.105. The quantitative estimate of drug-likeness (QED) is 0.531. The van der Waals surface area contributed by atoms with Crippen molar-refractivity contribution in [2.24, 2.45) is 5.73 Å². The molecule has 10 heteroatoms. The number of nitrogens with one attached hydrogen (secondary N) is 2. The van der Waals surface area contributed by atoms with Crippen LogP contribution in [-0.4, -0.2) is 43.6 Å². The maximum absolute atomic E-state index is 14.9. The fourth-order valence-corrected chi connectivity index (χ4v) is 4.21. The number of ether oxygens (including phenoxy) is 2. The van der Waals surface area contributed by atoms with Gasteiger partial charge in [-0.05, 0) is 42.7 Å². The van der Waals surface area contributed by atoms with Crippen LogP contribution in [0.5, 0.6) is 5.75 Å². The summed E-state index contributed by atoms with van der Waals surface area (Å²) in [5.74, 6) is -1.20. The number of methoxy groups -OCH3 is 1. The summed E-state index contributed by atoms with van der Waals surface area (Å²) < 4.78 is 38.9. The van der Waals surface area contributed by atoms with E-state index in [1.54, 1.807) is 11.1 Å². The number of hydrogen-bond acceptors (Lipinski definition) is 7. The van der Waals surface area contributed by atoms with E-state index >= 15 is 0 Å². The van der Waals surface area contributed by atoms with E-state index in [4.69, 9.17) is 15.2 Å². The van der Waals surface area contributed by atoms with Gasteiger partial charge in [-0.25, -0.2) is 14.2 Å². The molecule has 0 aliphatic carbocycles. The third kappa shape index (κ3) is 4.73. The van der Waals surface area contributed by atoms with Gasteiger partial charge in [0.15, 0.2) is 6.29 Å². The first-order valence-corrected chi connectivity index (χ1v) is 10.9. The van der Waals surface area contributed by atoms with Crippen LogP contribution in [0.25, 0.3) is 0 Å². The molecule has 4 N–H and O–H groups in total. The highest BCUT2D eigenvalue weighted by Gasteiger charge is 2.35. The number of nitrogens with zero attached hydrogens (tertiary/aromatic N) is 1. The summed E-state index contributed by atoms with van der Waals surface area (Å²) in [5.41, 5.74) is 10.6. The van der Waals surface area contributed by atoms with Crippen molar-refractivity contribution in [3.63, 3.8) is 0 Å². The zero-order valence-electron chi connectivity index (χ0n) is 18.6. The Balaban J connectivity index is 1.47. The van der Waals surface area contributed by atoms with Crippen molar-refractivity contribution >= 4 is 12.2 Å². The topological polar surface area (TPSA) is 106 Å². The molecule has 1 fully saturated rings. The Morgan fingerprint density at radius 1 is 1.26 bits per heavy atom. The van der Waals surface area contributed by atoms with E-state index in [1.165, 1.54) is 31.4 Å². The lowest BCUT2D eigenvalue weighted by atomic mass is 9.99. The molecule has 0 saturated carbocycles. The lowest BCUT2D eigenvalue weighted by Crippen LogP contribution is -2.46. The first-order chi connectivity index (χ1) is 16.4. The Labute approximate surface area is 195 Å². The van der Waals surface area contributed by atoms with Gasteiger partial charge in [0, 0.05) is 25.3 Å². The van der Waals surface area contributed by atoms with Gasteiger partial charge >= 0.3 is 0 Å². The maximum atomic E-state index is 14.9. The van der Waals surface area contributed by atoms with Gasteiger partial charge in [-0.2, -0.15) is 0 Å². The summed E-state index contributed by atoms with van der Waals surface area (Å²) in [6.45, 7) is 1.09. The number of aldehydes is 1. The number of amides is 1. The van der Waals surface area contributed by atoms with Crippen LogP contribution in [0.1, 0.15) is 40.4 Å². The van der Waals surface area contributed by atoms with Crippen molar-refractivity contribution in [1.29, 1.82) is 0 Å². The van der Waals surface area contributed by atoms with E-state index in [2.05, 4.69) is 10.7 Å². The molecule has 2 aliphatic rings. The van der Waals surface area contributed by atoms with Crippen LogP contribution in [-0.2, 0) is 16.1 Å². The molecule has 1 saturated heterocycles. The number of halogens is 2. The number of benzene rings is 2. The number of nitrogens with two attached hydrogens (primary N) is 1. The van der Waals surface area contributed by atoms with Crippen LogP contribution in [0.2, 0.25) is 0 Å². The van der Waals surface area contributed by atoms with E-state index in [9.17, 15) is 18.4 Å². The maximum Gasteiger partial charge on any atom is 0.255 e. The van der Waals surface area contributed by atoms with Crippen LogP contribution >= 0.6 is 0 Å². The first-order valence-electron chi connectivity index (χ1n) is 10.9. The predicted molar refractivity (Wildman–Crippen MR) is 119 cm³/mol. The lowest BCUT2D eigenvalue weighted by Gasteiger charge is -2.33. The van der Waals surface area contributed by atoms with Gasteiger partial charge in [-0.3, -0.25) is 14.6 Å². The van der Waals surface area contributed by atoms with E-state index in [1.807, 2.05) is 0 Å². The zero-order chi connectivity index (χ0) is 24.2. The second-order valence-corrected chi connectivity index (χ2v) is 8.11. The predicted octanol–water partition coefficient (Wildman–Crippen LogP) is 2.31. The van der Waals surface area contributed by atoms with Crippen molar-refractivity contribution in [3.05, 3.63) is 76.1 Å². The van der Waals surface area contributed by atoms with Crippen molar-refractivity contribution in [1.82, 2.24) is 15.8 Å². The van der Waals surface area contributed by atoms with Gasteiger partial charge < -0.3 is 20.5 Å². The molecule has 4 rings (SSSR count). The summed E-state index contributed by atoms with van der Waals surface area (Å²) in [6.07, 6.45) is 2.20. The Morgan fingerprint density at radius 3 is 2.71 bits per heavy atom. The van der Waals surface area contributed by atoms with Crippen LogP contribution in [0.4, 0.5) is 8.78 Å². The molecule has 0 radical (unpaired) electrons. The molecule has 34 heavy (non-hydrogen) atoms. The number of carbonyl (C=O) groups excluding carboxylic acids is 2. The Kier molecular flexibility index (Phi) is 7.09. The Morgan fingerprint density at radius 2 is 2.03 bits per heavy atom. The summed E-state index contributed by atoms with van der Waals surface area (Å²) in [7, 11) is 1.37. The summed E-state index contributed by atoms with van der Waals surface area (Å²) >= 11 is 0. The summed E-state index contributed by atoms with van der Waals surface area (Å²) in [4.78, 5) is 24.2. The van der Waals surface area contributed by atoms with Gasteiger partial charge in [-0.15, -0.1) is 0 Å². The molecule has 2 aromatic rings. The van der Waals surface area contributed by atoms with Crippen molar-refractivity contribution in [2.45, 2.75) is 31.5 Å². The van der Waals surface area contributed by atoms with Crippen LogP contribution < -0.4 is 21.2 Å². The van der Waals surface area contributed by atoms with Gasteiger partial charge in [0.25, 0.3) is 5.91 Å². The fourth-order valence-electron chi connectivity index (χ4n) is 4.21. The molecule has 2 aliphatic heterocycles. The van der Waals surface area contributed by atoms with Gasteiger partial charge in [0.1, 0.15) is 23.2 Å². The van der Waals surface area contributed by atoms with E-state index in [-0.39, 0.29) is 29.5 Å². The Hall–Kier alpha value is -3.50. The molecule has 0 aromatic heterocycles. The van der Waals surface area contributed by atoms with Crippen LogP contribution in [0, 0.1) is 11.6 Å². The van der Waals surface area contributed by atoms with E-state index < -0.39 is 23.6 Å². The smallest absolute Gasteiger partial charge is 0.255 e. The minimum atomic E-state index is -0.594. The second-order valence-electron chi connectivity index (χ2n) is 8.11. The molecule has 1 atom stereocenters. The van der Waals surface area contributed by atoms with Crippen LogP contribution in [0.15, 0.2) is 47.8 Å². The minimum Gasteiger partial charge on any atom is -0.496 e. The minimum absolute atomic E-state index is 0.0131. The highest BCUT2D eigenvalue weighted by Crippen LogP contribution is 2.32.